The Morgan fingerprint density at radius 1 is 1.14 bits per heavy atom. The van der Waals surface area contributed by atoms with Gasteiger partial charge < -0.3 is 4.74 Å². The molecule has 1 spiro atoms. The lowest BCUT2D eigenvalue weighted by Crippen LogP contribution is -2.29. The number of hydrogen-bond donors (Lipinski definition) is 0. The lowest BCUT2D eigenvalue weighted by Gasteiger charge is -2.36. The van der Waals surface area contributed by atoms with Crippen LogP contribution in [0.4, 0.5) is 0 Å². The third-order valence-corrected chi connectivity index (χ3v) is 3.99. The molecule has 0 heterocycles. The largest absolute Gasteiger partial charge is 0.463 e. The van der Waals surface area contributed by atoms with Crippen LogP contribution < -0.4 is 0 Å². The standard InChI is InChI=1S/C12H20O2/c1-10(13)14-11-4-8-12(9-5-11)6-2-3-7-12/h11H,2-9H2,1H3. The van der Waals surface area contributed by atoms with E-state index in [0.29, 0.717) is 5.41 Å². The second kappa shape index (κ2) is 3.92. The number of rotatable bonds is 1. The van der Waals surface area contributed by atoms with Crippen LogP contribution in [0.1, 0.15) is 58.3 Å². The van der Waals surface area contributed by atoms with E-state index in [-0.39, 0.29) is 12.1 Å². The van der Waals surface area contributed by atoms with Crippen molar-refractivity contribution in [1.29, 1.82) is 0 Å². The number of carbonyl (C=O) groups excluding carboxylic acids is 1. The summed E-state index contributed by atoms with van der Waals surface area (Å²) in [5.41, 5.74) is 0.649. The molecule has 2 nitrogen and oxygen atoms in total. The fourth-order valence-electron chi connectivity index (χ4n) is 3.18. The second-order valence-electron chi connectivity index (χ2n) is 5.02. The van der Waals surface area contributed by atoms with Crippen molar-refractivity contribution in [2.75, 3.05) is 0 Å². The maximum Gasteiger partial charge on any atom is 0.302 e. The third-order valence-electron chi connectivity index (χ3n) is 3.99. The minimum absolute atomic E-state index is 0.114. The van der Waals surface area contributed by atoms with E-state index in [0.717, 1.165) is 12.8 Å². The number of esters is 1. The molecule has 0 unspecified atom stereocenters. The Morgan fingerprint density at radius 3 is 2.21 bits per heavy atom. The van der Waals surface area contributed by atoms with Crippen LogP contribution in [0.25, 0.3) is 0 Å². The quantitative estimate of drug-likeness (QED) is 0.602. The van der Waals surface area contributed by atoms with Gasteiger partial charge in [0.2, 0.25) is 0 Å². The van der Waals surface area contributed by atoms with Crippen molar-refractivity contribution in [3.8, 4) is 0 Å². The first-order valence-electron chi connectivity index (χ1n) is 5.87. The summed E-state index contributed by atoms with van der Waals surface area (Å²) in [5.74, 6) is -0.114. The topological polar surface area (TPSA) is 26.3 Å². The molecule has 2 rings (SSSR count). The predicted molar refractivity (Wildman–Crippen MR) is 54.9 cm³/mol. The molecule has 0 atom stereocenters. The van der Waals surface area contributed by atoms with Gasteiger partial charge in [-0.1, -0.05) is 12.8 Å². The van der Waals surface area contributed by atoms with Crippen LogP contribution in [-0.2, 0) is 9.53 Å². The van der Waals surface area contributed by atoms with E-state index >= 15 is 0 Å². The fourth-order valence-corrected chi connectivity index (χ4v) is 3.18. The minimum Gasteiger partial charge on any atom is -0.463 e. The molecule has 2 heteroatoms. The Kier molecular flexibility index (Phi) is 2.80. The van der Waals surface area contributed by atoms with E-state index in [9.17, 15) is 4.79 Å². The molecule has 80 valence electrons. The van der Waals surface area contributed by atoms with Crippen LogP contribution in [0, 0.1) is 5.41 Å². The molecule has 0 saturated heterocycles. The van der Waals surface area contributed by atoms with Gasteiger partial charge in [0.25, 0.3) is 0 Å². The van der Waals surface area contributed by atoms with E-state index in [1.165, 1.54) is 45.4 Å². The van der Waals surface area contributed by atoms with E-state index in [4.69, 9.17) is 4.74 Å². The van der Waals surface area contributed by atoms with Crippen molar-refractivity contribution >= 4 is 5.97 Å². The highest BCUT2D eigenvalue weighted by Gasteiger charge is 2.38. The van der Waals surface area contributed by atoms with Crippen LogP contribution in [0.3, 0.4) is 0 Å². The Labute approximate surface area is 86.0 Å². The normalized spacial score (nSPS) is 26.6. The molecule has 0 aromatic rings. The van der Waals surface area contributed by atoms with Crippen LogP contribution in [0.2, 0.25) is 0 Å². The molecule has 2 aliphatic carbocycles. The first-order valence-corrected chi connectivity index (χ1v) is 5.87. The highest BCUT2D eigenvalue weighted by atomic mass is 16.5. The molecular weight excluding hydrogens is 176 g/mol. The van der Waals surface area contributed by atoms with Crippen molar-refractivity contribution in [2.45, 2.75) is 64.4 Å². The Morgan fingerprint density at radius 2 is 1.71 bits per heavy atom. The molecule has 0 N–H and O–H groups in total. The van der Waals surface area contributed by atoms with Crippen LogP contribution in [0.5, 0.6) is 0 Å². The van der Waals surface area contributed by atoms with Crippen molar-refractivity contribution in [2.24, 2.45) is 5.41 Å². The summed E-state index contributed by atoms with van der Waals surface area (Å²) >= 11 is 0. The maximum atomic E-state index is 10.8. The van der Waals surface area contributed by atoms with Crippen LogP contribution in [-0.4, -0.2) is 12.1 Å². The Bertz CT molecular complexity index is 206. The predicted octanol–water partition coefficient (Wildman–Crippen LogP) is 3.05. The SMILES string of the molecule is CC(=O)OC1CCC2(CCCC2)CC1. The highest BCUT2D eigenvalue weighted by Crippen LogP contribution is 2.49. The van der Waals surface area contributed by atoms with Gasteiger partial charge in [0.05, 0.1) is 0 Å². The van der Waals surface area contributed by atoms with Crippen LogP contribution in [0.15, 0.2) is 0 Å². The molecule has 2 fully saturated rings. The zero-order valence-corrected chi connectivity index (χ0v) is 9.05. The molecule has 0 aliphatic heterocycles. The van der Waals surface area contributed by atoms with Gasteiger partial charge in [-0.25, -0.2) is 0 Å². The Balaban J connectivity index is 1.82. The zero-order chi connectivity index (χ0) is 10.0. The van der Waals surface area contributed by atoms with Gasteiger partial charge in [0.15, 0.2) is 0 Å². The van der Waals surface area contributed by atoms with E-state index in [2.05, 4.69) is 0 Å². The second-order valence-corrected chi connectivity index (χ2v) is 5.02. The van der Waals surface area contributed by atoms with Gasteiger partial charge >= 0.3 is 5.97 Å². The zero-order valence-electron chi connectivity index (χ0n) is 9.05. The summed E-state index contributed by atoms with van der Waals surface area (Å²) in [5, 5.41) is 0. The van der Waals surface area contributed by atoms with Gasteiger partial charge in [0, 0.05) is 6.92 Å². The number of carbonyl (C=O) groups is 1. The van der Waals surface area contributed by atoms with Crippen molar-refractivity contribution < 1.29 is 9.53 Å². The van der Waals surface area contributed by atoms with E-state index in [1.54, 1.807) is 0 Å². The van der Waals surface area contributed by atoms with E-state index < -0.39 is 0 Å². The van der Waals surface area contributed by atoms with Gasteiger partial charge in [-0.3, -0.25) is 4.79 Å². The van der Waals surface area contributed by atoms with E-state index in [1.807, 2.05) is 0 Å². The first kappa shape index (κ1) is 10.0. The van der Waals surface area contributed by atoms with Crippen molar-refractivity contribution in [1.82, 2.24) is 0 Å². The third kappa shape index (κ3) is 2.10. The number of ether oxygens (including phenoxy) is 1. The van der Waals surface area contributed by atoms with Crippen LogP contribution >= 0.6 is 0 Å². The summed E-state index contributed by atoms with van der Waals surface area (Å²) in [6.45, 7) is 1.51. The molecule has 14 heavy (non-hydrogen) atoms. The summed E-state index contributed by atoms with van der Waals surface area (Å²) < 4.78 is 5.25. The smallest absolute Gasteiger partial charge is 0.302 e. The Hall–Kier alpha value is -0.530. The molecule has 0 aromatic heterocycles. The van der Waals surface area contributed by atoms with Crippen molar-refractivity contribution in [3.05, 3.63) is 0 Å². The summed E-state index contributed by atoms with van der Waals surface area (Å²) in [6, 6.07) is 0. The summed E-state index contributed by atoms with van der Waals surface area (Å²) in [4.78, 5) is 10.8. The molecule has 0 aromatic carbocycles. The molecule has 2 saturated carbocycles. The monoisotopic (exact) mass is 196 g/mol. The molecule has 0 bridgehead atoms. The molecule has 0 radical (unpaired) electrons. The van der Waals surface area contributed by atoms with Crippen molar-refractivity contribution in [3.63, 3.8) is 0 Å². The lowest BCUT2D eigenvalue weighted by atomic mass is 9.72. The lowest BCUT2D eigenvalue weighted by molar-refractivity contribution is -0.149. The molecule has 2 aliphatic rings. The fraction of sp³-hybridized carbons (Fsp3) is 0.917. The maximum absolute atomic E-state index is 10.8. The van der Waals surface area contributed by atoms with Gasteiger partial charge in [-0.05, 0) is 43.9 Å². The average molecular weight is 196 g/mol. The van der Waals surface area contributed by atoms with Gasteiger partial charge in [0.1, 0.15) is 6.10 Å². The highest BCUT2D eigenvalue weighted by molar-refractivity contribution is 5.66. The number of hydrogen-bond acceptors (Lipinski definition) is 2. The summed E-state index contributed by atoms with van der Waals surface area (Å²) in [7, 11) is 0. The van der Waals surface area contributed by atoms with Gasteiger partial charge in [-0.15, -0.1) is 0 Å². The average Bonchev–Trinajstić information content (AvgIpc) is 2.58. The molecular formula is C12H20O2. The molecule has 0 amide bonds. The summed E-state index contributed by atoms with van der Waals surface area (Å²) in [6.07, 6.45) is 10.6. The van der Waals surface area contributed by atoms with Gasteiger partial charge in [-0.2, -0.15) is 0 Å². The minimum atomic E-state index is -0.114. The first-order chi connectivity index (χ1) is 6.70.